The standard InChI is InChI=1S/C44H29NO/c1-3-13-30(14-4-1)33-17-11-20-36(28-33)45(35-18-5-2-6-19-35)41-23-12-24-42-43(41)40-29-39(37-21-9-10-22-38(37)44(40)46-42)34-26-25-31-15-7-8-16-32(31)27-34/h1-29H/i1D,2D,3D,4D,5D,6D,11D,13D,14D,17D,18D,19D,20D,28D. The van der Waals surface area contributed by atoms with Crippen LogP contribution in [0.2, 0.25) is 0 Å². The molecule has 0 saturated heterocycles. The minimum Gasteiger partial charge on any atom is -0.455 e. The minimum atomic E-state index is -0.797. The topological polar surface area (TPSA) is 16.4 Å². The highest BCUT2D eigenvalue weighted by Gasteiger charge is 2.22. The van der Waals surface area contributed by atoms with Crippen LogP contribution in [0.15, 0.2) is 180 Å². The third-order valence-corrected chi connectivity index (χ3v) is 8.08. The number of benzene rings is 8. The molecular formula is C44H29NO. The number of furan rings is 1. The van der Waals surface area contributed by atoms with Crippen molar-refractivity contribution in [2.45, 2.75) is 0 Å². The summed E-state index contributed by atoms with van der Waals surface area (Å²) in [6.07, 6.45) is 0. The van der Waals surface area contributed by atoms with E-state index in [9.17, 15) is 2.74 Å². The molecule has 216 valence electrons. The summed E-state index contributed by atoms with van der Waals surface area (Å²) in [4.78, 5) is 1.10. The molecule has 2 nitrogen and oxygen atoms in total. The van der Waals surface area contributed by atoms with Crippen LogP contribution < -0.4 is 4.90 Å². The van der Waals surface area contributed by atoms with Crippen LogP contribution in [0.4, 0.5) is 17.1 Å². The third kappa shape index (κ3) is 4.35. The van der Waals surface area contributed by atoms with Crippen LogP contribution in [0.25, 0.3) is 65.7 Å². The fraction of sp³-hybridized carbons (Fsp3) is 0. The number of anilines is 3. The highest BCUT2D eigenvalue weighted by molar-refractivity contribution is 6.22. The normalized spacial score (nSPS) is 15.7. The molecule has 0 aliphatic heterocycles. The van der Waals surface area contributed by atoms with E-state index in [1.165, 1.54) is 0 Å². The maximum atomic E-state index is 9.65. The Balaban J connectivity index is 1.45. The predicted molar refractivity (Wildman–Crippen MR) is 194 cm³/mol. The molecule has 9 rings (SSSR count). The minimum absolute atomic E-state index is 0.0793. The fourth-order valence-corrected chi connectivity index (χ4v) is 6.07. The first-order valence-electron chi connectivity index (χ1n) is 21.5. The van der Waals surface area contributed by atoms with E-state index >= 15 is 0 Å². The molecule has 2 heteroatoms. The van der Waals surface area contributed by atoms with Gasteiger partial charge in [0.2, 0.25) is 0 Å². The summed E-state index contributed by atoms with van der Waals surface area (Å²) in [6, 6.07) is 18.1. The molecule has 0 bridgehead atoms. The molecule has 0 fully saturated rings. The van der Waals surface area contributed by atoms with E-state index < -0.39 is 107 Å². The molecule has 0 aliphatic rings. The Morgan fingerprint density at radius 2 is 1.22 bits per heavy atom. The summed E-state index contributed by atoms with van der Waals surface area (Å²) in [5.41, 5.74) is 0.379. The van der Waals surface area contributed by atoms with E-state index in [0.29, 0.717) is 21.9 Å². The molecule has 0 radical (unpaired) electrons. The molecule has 46 heavy (non-hydrogen) atoms. The number of rotatable bonds is 5. The van der Waals surface area contributed by atoms with Crippen LogP contribution >= 0.6 is 0 Å². The maximum absolute atomic E-state index is 9.65. The lowest BCUT2D eigenvalue weighted by Gasteiger charge is -2.26. The first-order valence-corrected chi connectivity index (χ1v) is 14.5. The van der Waals surface area contributed by atoms with E-state index in [1.54, 1.807) is 18.2 Å². The van der Waals surface area contributed by atoms with Gasteiger partial charge in [-0.1, -0.05) is 127 Å². The first-order chi connectivity index (χ1) is 28.6. The van der Waals surface area contributed by atoms with Gasteiger partial charge in [0.1, 0.15) is 11.2 Å². The van der Waals surface area contributed by atoms with Gasteiger partial charge < -0.3 is 9.32 Å². The molecule has 0 aliphatic carbocycles. The average molecular weight is 602 g/mol. The van der Waals surface area contributed by atoms with Gasteiger partial charge in [0.05, 0.1) is 30.3 Å². The summed E-state index contributed by atoms with van der Waals surface area (Å²) < 4.78 is 130. The molecule has 1 aromatic heterocycles. The monoisotopic (exact) mass is 601 g/mol. The Morgan fingerprint density at radius 1 is 0.500 bits per heavy atom. The molecule has 0 saturated carbocycles. The Bertz CT molecular complexity index is 3280. The third-order valence-electron chi connectivity index (χ3n) is 8.08. The van der Waals surface area contributed by atoms with Gasteiger partial charge in [-0.05, 0) is 86.8 Å². The van der Waals surface area contributed by atoms with Crippen molar-refractivity contribution < 1.29 is 23.6 Å². The molecule has 1 heterocycles. The van der Waals surface area contributed by atoms with Crippen molar-refractivity contribution >= 4 is 60.5 Å². The van der Waals surface area contributed by atoms with Crippen molar-refractivity contribution in [2.75, 3.05) is 4.90 Å². The summed E-state index contributed by atoms with van der Waals surface area (Å²) in [6.45, 7) is 0. The number of nitrogens with zero attached hydrogens (tertiary/aromatic N) is 1. The van der Waals surface area contributed by atoms with Crippen molar-refractivity contribution in [3.8, 4) is 22.3 Å². The van der Waals surface area contributed by atoms with Gasteiger partial charge in [-0.2, -0.15) is 0 Å². The van der Waals surface area contributed by atoms with Crippen LogP contribution in [0.3, 0.4) is 0 Å². The Labute approximate surface area is 287 Å². The van der Waals surface area contributed by atoms with E-state index in [0.717, 1.165) is 37.6 Å². The Morgan fingerprint density at radius 3 is 2.07 bits per heavy atom. The lowest BCUT2D eigenvalue weighted by Crippen LogP contribution is -2.10. The van der Waals surface area contributed by atoms with Crippen molar-refractivity contribution in [3.63, 3.8) is 0 Å². The van der Waals surface area contributed by atoms with Crippen molar-refractivity contribution in [1.82, 2.24) is 0 Å². The van der Waals surface area contributed by atoms with Gasteiger partial charge >= 0.3 is 0 Å². The first kappa shape index (κ1) is 15.7. The van der Waals surface area contributed by atoms with Gasteiger partial charge in [-0.25, -0.2) is 0 Å². The second kappa shape index (κ2) is 10.8. The summed E-state index contributed by atoms with van der Waals surface area (Å²) in [7, 11) is 0. The van der Waals surface area contributed by atoms with Gasteiger partial charge in [0, 0.05) is 22.1 Å². The highest BCUT2D eigenvalue weighted by atomic mass is 16.3. The van der Waals surface area contributed by atoms with Crippen molar-refractivity contribution in [2.24, 2.45) is 0 Å². The molecule has 0 N–H and O–H groups in total. The largest absolute Gasteiger partial charge is 0.455 e. The Kier molecular flexibility index (Phi) is 3.70. The number of fused-ring (bicyclic) bond motifs is 6. The summed E-state index contributed by atoms with van der Waals surface area (Å²) in [5, 5.41) is 4.56. The van der Waals surface area contributed by atoms with E-state index in [1.807, 2.05) is 66.7 Å². The molecule has 0 atom stereocenters. The molecule has 9 aromatic rings. The zero-order valence-corrected chi connectivity index (χ0v) is 24.0. The van der Waals surface area contributed by atoms with E-state index in [-0.39, 0.29) is 5.69 Å². The molecule has 0 unspecified atom stereocenters. The predicted octanol–water partition coefficient (Wildman–Crippen LogP) is 12.7. The second-order valence-corrected chi connectivity index (χ2v) is 10.7. The molecular weight excluding hydrogens is 558 g/mol. The quantitative estimate of drug-likeness (QED) is 0.195. The average Bonchev–Trinajstić information content (AvgIpc) is 3.65. The Hall–Kier alpha value is -6.12. The highest BCUT2D eigenvalue weighted by Crippen LogP contribution is 2.46. The van der Waals surface area contributed by atoms with E-state index in [2.05, 4.69) is 6.07 Å². The molecule has 8 aromatic carbocycles. The van der Waals surface area contributed by atoms with Gasteiger partial charge in [0.15, 0.2) is 0 Å². The SMILES string of the molecule is [2H]c1c([2H])c([2H])c(-c2c([2H])c([2H])c([2H])c(N(c3c([2H])c([2H])c([2H])c([2H])c3[2H])c3cccc4oc5c6ccccc6c(-c6ccc7ccccc7c6)cc5c34)c2[2H])c([2H])c1[2H]. The fourth-order valence-electron chi connectivity index (χ4n) is 6.07. The second-order valence-electron chi connectivity index (χ2n) is 10.7. The van der Waals surface area contributed by atoms with Crippen molar-refractivity contribution in [3.05, 3.63) is 176 Å². The smallest absolute Gasteiger partial charge is 0.143 e. The van der Waals surface area contributed by atoms with Gasteiger partial charge in [-0.3, -0.25) is 0 Å². The van der Waals surface area contributed by atoms with Gasteiger partial charge in [-0.15, -0.1) is 0 Å². The summed E-state index contributed by atoms with van der Waals surface area (Å²) in [5.74, 6) is 0. The van der Waals surface area contributed by atoms with E-state index in [4.69, 9.17) is 20.9 Å². The molecule has 0 amide bonds. The number of hydrogen-bond acceptors (Lipinski definition) is 2. The lowest BCUT2D eigenvalue weighted by atomic mass is 9.93. The number of para-hydroxylation sites is 1. The lowest BCUT2D eigenvalue weighted by molar-refractivity contribution is 0.672. The van der Waals surface area contributed by atoms with Crippen LogP contribution in [-0.2, 0) is 0 Å². The molecule has 0 spiro atoms. The van der Waals surface area contributed by atoms with Gasteiger partial charge in [0.25, 0.3) is 0 Å². The van der Waals surface area contributed by atoms with Crippen LogP contribution in [0.1, 0.15) is 19.2 Å². The van der Waals surface area contributed by atoms with Crippen LogP contribution in [0, 0.1) is 0 Å². The van der Waals surface area contributed by atoms with Crippen molar-refractivity contribution in [1.29, 1.82) is 0 Å². The number of hydrogen-bond donors (Lipinski definition) is 0. The van der Waals surface area contributed by atoms with Crippen LogP contribution in [0.5, 0.6) is 0 Å². The van der Waals surface area contributed by atoms with Crippen LogP contribution in [-0.4, -0.2) is 0 Å². The zero-order valence-electron chi connectivity index (χ0n) is 38.0. The zero-order chi connectivity index (χ0) is 42.6. The summed E-state index contributed by atoms with van der Waals surface area (Å²) >= 11 is 0. The maximum Gasteiger partial charge on any atom is 0.143 e.